The summed E-state index contributed by atoms with van der Waals surface area (Å²) >= 11 is 0. The molecular weight excluding hydrogens is 540 g/mol. The van der Waals surface area contributed by atoms with Gasteiger partial charge in [0.15, 0.2) is 5.78 Å². The average molecular weight is 595 g/mol. The number of nitrogens with two attached hydrogens (primary N) is 1. The van der Waals surface area contributed by atoms with Crippen molar-refractivity contribution in [2.24, 2.45) is 5.73 Å². The van der Waals surface area contributed by atoms with Crippen molar-refractivity contribution in [1.82, 2.24) is 20.9 Å². The molecule has 0 fully saturated rings. The van der Waals surface area contributed by atoms with Gasteiger partial charge >= 0.3 is 6.03 Å². The number of ketones is 1. The Kier molecular flexibility index (Phi) is 20.9. The molecule has 12 heteroatoms. The quantitative estimate of drug-likeness (QED) is 0.135. The average Bonchev–Trinajstić information content (AvgIpc) is 3.58. The van der Waals surface area contributed by atoms with Crippen LogP contribution in [0.1, 0.15) is 62.5 Å². The van der Waals surface area contributed by atoms with E-state index in [1.807, 2.05) is 25.2 Å². The predicted octanol–water partition coefficient (Wildman–Crippen LogP) is 2.58. The van der Waals surface area contributed by atoms with Crippen molar-refractivity contribution in [3.8, 4) is 0 Å². The fourth-order valence-electron chi connectivity index (χ4n) is 4.24. The molecule has 3 amide bonds. The van der Waals surface area contributed by atoms with Gasteiger partial charge in [0.2, 0.25) is 5.91 Å². The van der Waals surface area contributed by atoms with E-state index in [2.05, 4.69) is 20.9 Å². The molecule has 240 valence electrons. The van der Waals surface area contributed by atoms with Crippen LogP contribution < -0.4 is 26.6 Å². The Hall–Kier alpha value is -3.03. The van der Waals surface area contributed by atoms with Gasteiger partial charge in [0.05, 0.1) is 18.4 Å². The SMILES string of the molecule is C.CC(=O)c1cc2c3c(ccc2[nH]1)N(C(N)=O)CC3.CNCCC(=O)NCC(O)COC.CNCCCCCCOC. The number of Topliss-reactive ketones (excluding diaryl/α,β-unsaturated/α-hetero) is 1. The number of aliphatic hydroxyl groups is 1. The highest BCUT2D eigenvalue weighted by atomic mass is 16.5. The number of urea groups is 1. The minimum atomic E-state index is -0.622. The van der Waals surface area contributed by atoms with E-state index in [-0.39, 0.29) is 32.3 Å². The number of fused-ring (bicyclic) bond motifs is 3. The monoisotopic (exact) mass is 594 g/mol. The van der Waals surface area contributed by atoms with Crippen molar-refractivity contribution < 1.29 is 29.0 Å². The Morgan fingerprint density at radius 2 is 1.76 bits per heavy atom. The van der Waals surface area contributed by atoms with Gasteiger partial charge in [0.25, 0.3) is 0 Å². The summed E-state index contributed by atoms with van der Waals surface area (Å²) in [5.74, 6) is -0.0609. The van der Waals surface area contributed by atoms with Gasteiger partial charge in [-0.1, -0.05) is 20.3 Å². The molecule has 0 saturated heterocycles. The van der Waals surface area contributed by atoms with Crippen LogP contribution in [0.15, 0.2) is 18.2 Å². The summed E-state index contributed by atoms with van der Waals surface area (Å²) < 4.78 is 9.64. The van der Waals surface area contributed by atoms with Crippen LogP contribution in [0.3, 0.4) is 0 Å². The number of aliphatic hydroxyl groups excluding tert-OH is 1. The zero-order valence-electron chi connectivity index (χ0n) is 25.3. The van der Waals surface area contributed by atoms with Crippen LogP contribution in [0.25, 0.3) is 10.9 Å². The van der Waals surface area contributed by atoms with Crippen LogP contribution in [-0.2, 0) is 20.7 Å². The third-order valence-corrected chi connectivity index (χ3v) is 6.43. The number of nitrogens with one attached hydrogen (secondary N) is 4. The van der Waals surface area contributed by atoms with Crippen molar-refractivity contribution in [2.45, 2.75) is 59.0 Å². The molecule has 1 aromatic carbocycles. The molecule has 2 aromatic rings. The summed E-state index contributed by atoms with van der Waals surface area (Å²) in [6.45, 7) is 5.33. The topological polar surface area (TPSA) is 171 Å². The van der Waals surface area contributed by atoms with Crippen LogP contribution in [0, 0.1) is 0 Å². The Bertz CT molecular complexity index is 1050. The molecule has 0 saturated carbocycles. The molecule has 0 spiro atoms. The summed E-state index contributed by atoms with van der Waals surface area (Å²) in [5.41, 5.74) is 8.78. The lowest BCUT2D eigenvalue weighted by Gasteiger charge is -2.13. The molecule has 0 radical (unpaired) electrons. The number of ether oxygens (including phenoxy) is 2. The third-order valence-electron chi connectivity index (χ3n) is 6.43. The first-order chi connectivity index (χ1) is 19.7. The Labute approximate surface area is 251 Å². The highest BCUT2D eigenvalue weighted by Gasteiger charge is 2.25. The van der Waals surface area contributed by atoms with E-state index >= 15 is 0 Å². The molecule has 1 aliphatic heterocycles. The second-order valence-corrected chi connectivity index (χ2v) is 9.78. The number of unbranched alkanes of at least 4 members (excludes halogenated alkanes) is 3. The maximum absolute atomic E-state index is 11.4. The van der Waals surface area contributed by atoms with Crippen LogP contribution in [-0.4, -0.2) is 102 Å². The molecule has 12 nitrogen and oxygen atoms in total. The lowest BCUT2D eigenvalue weighted by Crippen LogP contribution is -2.35. The number of aromatic amines is 1. The summed E-state index contributed by atoms with van der Waals surface area (Å²) in [6, 6.07) is 5.16. The molecular formula is C30H54N6O6. The number of carbonyl (C=O) groups is 3. The molecule has 1 unspecified atom stereocenters. The lowest BCUT2D eigenvalue weighted by atomic mass is 10.1. The summed E-state index contributed by atoms with van der Waals surface area (Å²) in [5, 5.41) is 18.8. The number of aromatic nitrogens is 1. The summed E-state index contributed by atoms with van der Waals surface area (Å²) in [7, 11) is 7.04. The van der Waals surface area contributed by atoms with E-state index in [1.54, 1.807) is 19.1 Å². The summed E-state index contributed by atoms with van der Waals surface area (Å²) in [4.78, 5) is 38.3. The van der Waals surface area contributed by atoms with Crippen LogP contribution in [0.4, 0.5) is 10.5 Å². The normalized spacial score (nSPS) is 12.3. The van der Waals surface area contributed by atoms with Gasteiger partial charge in [-0.05, 0) is 63.7 Å². The standard InChI is InChI=1S/C13H13N3O2.C8H18N2O3.C8H19NO.CH4/c1-7(17)11-6-9-8-4-5-16(13(14)18)12(8)3-2-10(9)15-11;1-9-4-3-8(12)10-5-7(11)6-13-2;1-9-7-5-3-4-6-8-10-2;/h2-3,6,15H,4-5H2,1H3,(H2,14,18);7,9,11H,3-6H2,1-2H3,(H,10,12);9H,3-8H2,1-2H3;1H4. The first-order valence-corrected chi connectivity index (χ1v) is 14.1. The van der Waals surface area contributed by atoms with Crippen molar-refractivity contribution in [3.63, 3.8) is 0 Å². The number of nitrogens with zero attached hydrogens (tertiary/aromatic N) is 1. The van der Waals surface area contributed by atoms with Crippen LogP contribution in [0.5, 0.6) is 0 Å². The molecule has 42 heavy (non-hydrogen) atoms. The smallest absolute Gasteiger partial charge is 0.319 e. The van der Waals surface area contributed by atoms with Gasteiger partial charge < -0.3 is 41.2 Å². The number of rotatable bonds is 15. The van der Waals surface area contributed by atoms with E-state index in [0.29, 0.717) is 25.2 Å². The molecule has 1 aromatic heterocycles. The first-order valence-electron chi connectivity index (χ1n) is 14.1. The number of carbonyl (C=O) groups excluding carboxylic acids is 3. The minimum absolute atomic E-state index is 0. The zero-order valence-corrected chi connectivity index (χ0v) is 25.3. The molecule has 2 heterocycles. The number of benzene rings is 1. The van der Waals surface area contributed by atoms with Gasteiger partial charge in [0, 0.05) is 70.4 Å². The number of H-pyrrole nitrogens is 1. The molecule has 0 bridgehead atoms. The van der Waals surface area contributed by atoms with E-state index in [4.69, 9.17) is 20.3 Å². The fourth-order valence-corrected chi connectivity index (χ4v) is 4.24. The number of hydrogen-bond donors (Lipinski definition) is 6. The lowest BCUT2D eigenvalue weighted by molar-refractivity contribution is -0.121. The largest absolute Gasteiger partial charge is 0.389 e. The molecule has 1 atom stereocenters. The van der Waals surface area contributed by atoms with E-state index in [1.165, 1.54) is 39.7 Å². The van der Waals surface area contributed by atoms with Crippen LogP contribution in [0.2, 0.25) is 0 Å². The minimum Gasteiger partial charge on any atom is -0.389 e. The number of hydrogen-bond acceptors (Lipinski definition) is 8. The Balaban J connectivity index is 0.000000627. The highest BCUT2D eigenvalue weighted by Crippen LogP contribution is 2.34. The van der Waals surface area contributed by atoms with Gasteiger partial charge in [0.1, 0.15) is 0 Å². The molecule has 7 N–H and O–H groups in total. The third kappa shape index (κ3) is 14.2. The van der Waals surface area contributed by atoms with Gasteiger partial charge in [-0.25, -0.2) is 4.79 Å². The van der Waals surface area contributed by atoms with Crippen molar-refractivity contribution >= 4 is 34.3 Å². The number of methoxy groups -OCH3 is 2. The maximum Gasteiger partial charge on any atom is 0.319 e. The van der Waals surface area contributed by atoms with E-state index < -0.39 is 12.1 Å². The van der Waals surface area contributed by atoms with Gasteiger partial charge in [-0.15, -0.1) is 0 Å². The van der Waals surface area contributed by atoms with Crippen LogP contribution >= 0.6 is 0 Å². The number of anilines is 1. The summed E-state index contributed by atoms with van der Waals surface area (Å²) in [6.07, 6.45) is 5.70. The molecule has 0 aliphatic carbocycles. The van der Waals surface area contributed by atoms with E-state index in [0.717, 1.165) is 41.7 Å². The predicted molar refractivity (Wildman–Crippen MR) is 169 cm³/mol. The molecule has 3 rings (SSSR count). The van der Waals surface area contributed by atoms with E-state index in [9.17, 15) is 14.4 Å². The number of amides is 3. The Morgan fingerprint density at radius 3 is 2.36 bits per heavy atom. The second-order valence-electron chi connectivity index (χ2n) is 9.78. The van der Waals surface area contributed by atoms with Crippen molar-refractivity contribution in [2.75, 3.05) is 72.6 Å². The molecule has 1 aliphatic rings. The fraction of sp³-hybridized carbons (Fsp3) is 0.633. The highest BCUT2D eigenvalue weighted by molar-refractivity contribution is 6.03. The van der Waals surface area contributed by atoms with Gasteiger partial charge in [-0.3, -0.25) is 14.5 Å². The zero-order chi connectivity index (χ0) is 30.6. The first kappa shape index (κ1) is 39.0. The maximum atomic E-state index is 11.4. The van der Waals surface area contributed by atoms with Crippen molar-refractivity contribution in [3.05, 3.63) is 29.5 Å². The van der Waals surface area contributed by atoms with Gasteiger partial charge in [-0.2, -0.15) is 0 Å². The Morgan fingerprint density at radius 1 is 1.07 bits per heavy atom. The van der Waals surface area contributed by atoms with Crippen molar-refractivity contribution in [1.29, 1.82) is 0 Å². The second kappa shape index (κ2) is 22.6. The number of primary amides is 1.